The molecule has 1 rings (SSSR count). The molecule has 1 fully saturated rings. The summed E-state index contributed by atoms with van der Waals surface area (Å²) < 4.78 is 11.1. The van der Waals surface area contributed by atoms with Gasteiger partial charge in [-0.1, -0.05) is 6.92 Å². The predicted octanol–water partition coefficient (Wildman–Crippen LogP) is 1.30. The van der Waals surface area contributed by atoms with E-state index in [1.165, 1.54) is 0 Å². The van der Waals surface area contributed by atoms with Crippen LogP contribution in [-0.2, 0) is 9.47 Å². The fourth-order valence-corrected chi connectivity index (χ4v) is 1.58. The van der Waals surface area contributed by atoms with Crippen molar-refractivity contribution in [3.05, 3.63) is 0 Å². The van der Waals surface area contributed by atoms with E-state index in [1.807, 2.05) is 13.8 Å². The van der Waals surface area contributed by atoms with Gasteiger partial charge in [-0.05, 0) is 20.3 Å². The average Bonchev–Trinajstić information content (AvgIpc) is 2.01. The van der Waals surface area contributed by atoms with E-state index in [0.717, 1.165) is 12.8 Å². The first-order valence-corrected chi connectivity index (χ1v) is 4.54. The second-order valence-corrected chi connectivity index (χ2v) is 3.71. The van der Waals surface area contributed by atoms with Crippen LogP contribution in [-0.4, -0.2) is 29.7 Å². The summed E-state index contributed by atoms with van der Waals surface area (Å²) in [6, 6.07) is 0. The molecule has 0 bridgehead atoms. The van der Waals surface area contributed by atoms with E-state index in [9.17, 15) is 0 Å². The number of ether oxygens (including phenoxy) is 2. The first kappa shape index (κ1) is 9.96. The Bertz CT molecular complexity index is 131. The van der Waals surface area contributed by atoms with Crippen LogP contribution in [0.3, 0.4) is 0 Å². The van der Waals surface area contributed by atoms with E-state index < -0.39 is 5.79 Å². The first-order valence-electron chi connectivity index (χ1n) is 4.54. The molecule has 0 aromatic heterocycles. The molecule has 0 aromatic carbocycles. The Morgan fingerprint density at radius 2 is 1.92 bits per heavy atom. The normalized spacial score (nSPS) is 35.0. The first-order chi connectivity index (χ1) is 5.57. The monoisotopic (exact) mass is 174 g/mol. The van der Waals surface area contributed by atoms with Crippen molar-refractivity contribution in [3.8, 4) is 0 Å². The highest BCUT2D eigenvalue weighted by molar-refractivity contribution is 4.74. The van der Waals surface area contributed by atoms with Gasteiger partial charge in [0.15, 0.2) is 5.79 Å². The molecule has 1 saturated heterocycles. The van der Waals surface area contributed by atoms with Gasteiger partial charge >= 0.3 is 0 Å². The lowest BCUT2D eigenvalue weighted by Gasteiger charge is -2.39. The lowest BCUT2D eigenvalue weighted by Crippen LogP contribution is -2.45. The molecular weight excluding hydrogens is 156 g/mol. The van der Waals surface area contributed by atoms with Crippen LogP contribution < -0.4 is 0 Å². The maximum absolute atomic E-state index is 8.96. The van der Waals surface area contributed by atoms with Gasteiger partial charge < -0.3 is 14.6 Å². The third-order valence-electron chi connectivity index (χ3n) is 2.09. The lowest BCUT2D eigenvalue weighted by atomic mass is 10.1. The second-order valence-electron chi connectivity index (χ2n) is 3.71. The molecule has 0 radical (unpaired) electrons. The van der Waals surface area contributed by atoms with Crippen molar-refractivity contribution in [1.82, 2.24) is 0 Å². The van der Waals surface area contributed by atoms with E-state index in [0.29, 0.717) is 0 Å². The topological polar surface area (TPSA) is 38.7 Å². The summed E-state index contributed by atoms with van der Waals surface area (Å²) in [4.78, 5) is 0. The van der Waals surface area contributed by atoms with Gasteiger partial charge in [0.05, 0.1) is 18.8 Å². The molecule has 0 spiro atoms. The average molecular weight is 174 g/mol. The molecule has 0 saturated carbocycles. The fourth-order valence-electron chi connectivity index (χ4n) is 1.58. The van der Waals surface area contributed by atoms with Gasteiger partial charge in [0.25, 0.3) is 0 Å². The van der Waals surface area contributed by atoms with Gasteiger partial charge in [-0.2, -0.15) is 0 Å². The van der Waals surface area contributed by atoms with Gasteiger partial charge in [-0.25, -0.2) is 0 Å². The summed E-state index contributed by atoms with van der Waals surface area (Å²) in [5.41, 5.74) is 0. The maximum atomic E-state index is 8.96. The standard InChI is InChI=1S/C9H18O3/c1-4-7-5-8(6-10)12-9(2,3)11-7/h7-8,10H,4-6H2,1-3H3. The summed E-state index contributed by atoms with van der Waals surface area (Å²) in [5, 5.41) is 8.96. The summed E-state index contributed by atoms with van der Waals surface area (Å²) in [7, 11) is 0. The van der Waals surface area contributed by atoms with Crippen molar-refractivity contribution < 1.29 is 14.6 Å². The van der Waals surface area contributed by atoms with Crippen LogP contribution in [0.15, 0.2) is 0 Å². The van der Waals surface area contributed by atoms with E-state index in [4.69, 9.17) is 14.6 Å². The Balaban J connectivity index is 2.53. The van der Waals surface area contributed by atoms with E-state index >= 15 is 0 Å². The Morgan fingerprint density at radius 1 is 1.33 bits per heavy atom. The van der Waals surface area contributed by atoms with Crippen LogP contribution in [0.5, 0.6) is 0 Å². The third kappa shape index (κ3) is 2.44. The van der Waals surface area contributed by atoms with Gasteiger partial charge in [0.2, 0.25) is 0 Å². The number of aliphatic hydroxyl groups excluding tert-OH is 1. The molecule has 3 nitrogen and oxygen atoms in total. The largest absolute Gasteiger partial charge is 0.394 e. The maximum Gasteiger partial charge on any atom is 0.163 e. The number of hydrogen-bond acceptors (Lipinski definition) is 3. The Morgan fingerprint density at radius 3 is 2.42 bits per heavy atom. The van der Waals surface area contributed by atoms with Gasteiger partial charge in [-0.3, -0.25) is 0 Å². The molecule has 0 aromatic rings. The van der Waals surface area contributed by atoms with Gasteiger partial charge in [0.1, 0.15) is 0 Å². The van der Waals surface area contributed by atoms with Gasteiger partial charge in [-0.15, -0.1) is 0 Å². The van der Waals surface area contributed by atoms with Crippen LogP contribution in [0.1, 0.15) is 33.6 Å². The van der Waals surface area contributed by atoms with Crippen molar-refractivity contribution >= 4 is 0 Å². The SMILES string of the molecule is CCC1CC(CO)OC(C)(C)O1. The lowest BCUT2D eigenvalue weighted by molar-refractivity contribution is -0.303. The highest BCUT2D eigenvalue weighted by atomic mass is 16.7. The molecule has 1 heterocycles. The molecule has 2 unspecified atom stereocenters. The molecular formula is C9H18O3. The van der Waals surface area contributed by atoms with Gasteiger partial charge in [0, 0.05) is 6.42 Å². The molecule has 2 atom stereocenters. The van der Waals surface area contributed by atoms with Crippen LogP contribution in [0, 0.1) is 0 Å². The minimum Gasteiger partial charge on any atom is -0.394 e. The molecule has 0 amide bonds. The predicted molar refractivity (Wildman–Crippen MR) is 45.8 cm³/mol. The Kier molecular flexibility index (Phi) is 3.09. The van der Waals surface area contributed by atoms with Crippen molar-refractivity contribution in [2.75, 3.05) is 6.61 Å². The van der Waals surface area contributed by atoms with Crippen LogP contribution in [0.4, 0.5) is 0 Å². The highest BCUT2D eigenvalue weighted by Gasteiger charge is 2.33. The van der Waals surface area contributed by atoms with E-state index in [-0.39, 0.29) is 18.8 Å². The smallest absolute Gasteiger partial charge is 0.163 e. The third-order valence-corrected chi connectivity index (χ3v) is 2.09. The molecule has 1 aliphatic rings. The fraction of sp³-hybridized carbons (Fsp3) is 1.00. The summed E-state index contributed by atoms with van der Waals surface area (Å²) in [6.07, 6.45) is 1.95. The summed E-state index contributed by atoms with van der Waals surface area (Å²) in [5.74, 6) is -0.535. The molecule has 12 heavy (non-hydrogen) atoms. The zero-order valence-corrected chi connectivity index (χ0v) is 8.04. The Hall–Kier alpha value is -0.120. The number of aliphatic hydroxyl groups is 1. The van der Waals surface area contributed by atoms with Crippen molar-refractivity contribution in [2.24, 2.45) is 0 Å². The molecule has 1 aliphatic heterocycles. The van der Waals surface area contributed by atoms with Crippen LogP contribution >= 0.6 is 0 Å². The minimum atomic E-state index is -0.535. The summed E-state index contributed by atoms with van der Waals surface area (Å²) in [6.45, 7) is 5.94. The Labute approximate surface area is 73.7 Å². The van der Waals surface area contributed by atoms with E-state index in [1.54, 1.807) is 0 Å². The molecule has 0 aliphatic carbocycles. The van der Waals surface area contributed by atoms with Crippen LogP contribution in [0.2, 0.25) is 0 Å². The summed E-state index contributed by atoms with van der Waals surface area (Å²) >= 11 is 0. The van der Waals surface area contributed by atoms with Crippen LogP contribution in [0.25, 0.3) is 0 Å². The second kappa shape index (κ2) is 3.73. The highest BCUT2D eigenvalue weighted by Crippen LogP contribution is 2.27. The minimum absolute atomic E-state index is 0.0568. The van der Waals surface area contributed by atoms with Crippen molar-refractivity contribution in [2.45, 2.75) is 51.6 Å². The van der Waals surface area contributed by atoms with Crippen molar-refractivity contribution in [1.29, 1.82) is 0 Å². The number of hydrogen-bond donors (Lipinski definition) is 1. The zero-order valence-electron chi connectivity index (χ0n) is 8.04. The molecule has 72 valence electrons. The van der Waals surface area contributed by atoms with E-state index in [2.05, 4.69) is 6.92 Å². The quantitative estimate of drug-likeness (QED) is 0.685. The molecule has 3 heteroatoms. The van der Waals surface area contributed by atoms with Crippen molar-refractivity contribution in [3.63, 3.8) is 0 Å². The molecule has 1 N–H and O–H groups in total. The number of rotatable bonds is 2. The zero-order chi connectivity index (χ0) is 9.19.